The van der Waals surface area contributed by atoms with Crippen molar-refractivity contribution in [2.75, 3.05) is 19.3 Å². The number of aliphatic hydroxyl groups is 1. The third kappa shape index (κ3) is 4.23. The van der Waals surface area contributed by atoms with Crippen LogP contribution in [0.15, 0.2) is 89.4 Å². The van der Waals surface area contributed by atoms with Crippen LogP contribution in [0.25, 0.3) is 0 Å². The van der Waals surface area contributed by atoms with E-state index in [1.807, 2.05) is 42.5 Å². The molecule has 1 fully saturated rings. The van der Waals surface area contributed by atoms with Crippen molar-refractivity contribution in [2.24, 2.45) is 0 Å². The molecule has 1 saturated heterocycles. The van der Waals surface area contributed by atoms with Crippen LogP contribution in [0.1, 0.15) is 28.0 Å². The number of hydrogen-bond donors (Lipinski definition) is 1. The molecule has 1 aliphatic heterocycles. The first-order valence-electron chi connectivity index (χ1n) is 9.79. The van der Waals surface area contributed by atoms with Gasteiger partial charge in [-0.05, 0) is 28.8 Å². The third-order valence-corrected chi connectivity index (χ3v) is 7.68. The van der Waals surface area contributed by atoms with Crippen LogP contribution < -0.4 is 0 Å². The fraction of sp³-hybridized carbons (Fsp3) is 0.250. The van der Waals surface area contributed by atoms with Crippen LogP contribution in [0.5, 0.6) is 0 Å². The Bertz CT molecular complexity index is 1070. The summed E-state index contributed by atoms with van der Waals surface area (Å²) in [5.41, 5.74) is 1.48. The van der Waals surface area contributed by atoms with Crippen LogP contribution in [0.3, 0.4) is 0 Å². The topological polar surface area (TPSA) is 57.6 Å². The molecule has 0 amide bonds. The minimum atomic E-state index is -3.53. The second kappa shape index (κ2) is 8.27. The van der Waals surface area contributed by atoms with Gasteiger partial charge < -0.3 is 5.11 Å². The highest BCUT2D eigenvalue weighted by Crippen LogP contribution is 2.44. The van der Waals surface area contributed by atoms with Gasteiger partial charge in [-0.1, -0.05) is 88.7 Å². The Morgan fingerprint density at radius 2 is 1.37 bits per heavy atom. The summed E-state index contributed by atoms with van der Waals surface area (Å²) < 4.78 is 26.2. The Morgan fingerprint density at radius 3 is 1.83 bits per heavy atom. The summed E-state index contributed by atoms with van der Waals surface area (Å²) in [4.78, 5) is 2.14. The summed E-state index contributed by atoms with van der Waals surface area (Å²) in [6, 6.07) is 27.4. The highest BCUT2D eigenvalue weighted by molar-refractivity contribution is 9.10. The van der Waals surface area contributed by atoms with Crippen molar-refractivity contribution in [3.8, 4) is 0 Å². The second-order valence-corrected chi connectivity index (χ2v) is 11.0. The van der Waals surface area contributed by atoms with E-state index in [1.54, 1.807) is 18.2 Å². The van der Waals surface area contributed by atoms with Gasteiger partial charge in [0.25, 0.3) is 0 Å². The van der Waals surface area contributed by atoms with E-state index in [-0.39, 0.29) is 19.1 Å². The molecule has 4 rings (SSSR count). The van der Waals surface area contributed by atoms with Crippen LogP contribution in [-0.4, -0.2) is 43.4 Å². The predicted octanol–water partition coefficient (Wildman–Crippen LogP) is 4.37. The van der Waals surface area contributed by atoms with Crippen LogP contribution in [0, 0.1) is 0 Å². The van der Waals surface area contributed by atoms with Gasteiger partial charge in [0, 0.05) is 23.8 Å². The maximum absolute atomic E-state index is 12.7. The highest BCUT2D eigenvalue weighted by Gasteiger charge is 2.54. The molecule has 0 aliphatic carbocycles. The molecule has 30 heavy (non-hydrogen) atoms. The van der Waals surface area contributed by atoms with Crippen LogP contribution in [-0.2, 0) is 9.84 Å². The first-order valence-corrected chi connectivity index (χ1v) is 12.5. The Balaban J connectivity index is 1.67. The number of sulfone groups is 1. The number of rotatable bonds is 6. The molecular weight excluding hydrogens is 462 g/mol. The van der Waals surface area contributed by atoms with Gasteiger partial charge >= 0.3 is 0 Å². The first-order chi connectivity index (χ1) is 14.3. The molecule has 4 nitrogen and oxygen atoms in total. The highest BCUT2D eigenvalue weighted by atomic mass is 79.9. The standard InChI is InChI=1S/C24H24BrNO3S/c1-30(28,29)23(20-13-8-14-21(25)15-20)24(27)16-26(17-24)22(18-9-4-2-5-10-18)19-11-6-3-7-12-19/h2-15,22-23,27H,16-17H2,1H3. The number of nitrogens with zero attached hydrogens (tertiary/aromatic N) is 1. The van der Waals surface area contributed by atoms with Gasteiger partial charge in [0.1, 0.15) is 10.9 Å². The molecule has 1 aliphatic rings. The van der Waals surface area contributed by atoms with E-state index in [0.717, 1.165) is 15.6 Å². The van der Waals surface area contributed by atoms with E-state index in [4.69, 9.17) is 0 Å². The average Bonchev–Trinajstić information content (AvgIpc) is 2.68. The molecular formula is C24H24BrNO3S. The lowest BCUT2D eigenvalue weighted by Crippen LogP contribution is -2.66. The molecule has 0 spiro atoms. The maximum Gasteiger partial charge on any atom is 0.157 e. The molecule has 6 heteroatoms. The zero-order valence-electron chi connectivity index (χ0n) is 16.6. The van der Waals surface area contributed by atoms with Crippen molar-refractivity contribution >= 4 is 25.8 Å². The molecule has 1 unspecified atom stereocenters. The van der Waals surface area contributed by atoms with Gasteiger partial charge in [0.05, 0.1) is 6.04 Å². The predicted molar refractivity (Wildman–Crippen MR) is 123 cm³/mol. The Hall–Kier alpha value is -1.99. The molecule has 0 bridgehead atoms. The quantitative estimate of drug-likeness (QED) is 0.562. The molecule has 0 radical (unpaired) electrons. The Morgan fingerprint density at radius 1 is 0.867 bits per heavy atom. The molecule has 1 atom stereocenters. The lowest BCUT2D eigenvalue weighted by Gasteiger charge is -2.53. The Kier molecular flexibility index (Phi) is 5.86. The number of β-amino-alcohol motifs (C(OH)–C–C–N with tert-alkyl or cyclic N) is 1. The minimum Gasteiger partial charge on any atom is -0.385 e. The summed E-state index contributed by atoms with van der Waals surface area (Å²) in [6.45, 7) is 0.539. The van der Waals surface area contributed by atoms with Crippen molar-refractivity contribution in [2.45, 2.75) is 16.9 Å². The largest absolute Gasteiger partial charge is 0.385 e. The van der Waals surface area contributed by atoms with E-state index in [0.29, 0.717) is 5.56 Å². The fourth-order valence-corrected chi connectivity index (χ4v) is 6.52. The van der Waals surface area contributed by atoms with E-state index in [9.17, 15) is 13.5 Å². The summed E-state index contributed by atoms with van der Waals surface area (Å²) in [5, 5.41) is 10.4. The van der Waals surface area contributed by atoms with Gasteiger partial charge in [0.2, 0.25) is 0 Å². The number of hydrogen-bond acceptors (Lipinski definition) is 4. The molecule has 1 N–H and O–H groups in total. The van der Waals surface area contributed by atoms with E-state index < -0.39 is 20.7 Å². The van der Waals surface area contributed by atoms with Gasteiger partial charge in [0.15, 0.2) is 9.84 Å². The van der Waals surface area contributed by atoms with Crippen molar-refractivity contribution in [3.05, 3.63) is 106 Å². The Labute approximate surface area is 186 Å². The smallest absolute Gasteiger partial charge is 0.157 e. The van der Waals surface area contributed by atoms with Crippen LogP contribution >= 0.6 is 15.9 Å². The lowest BCUT2D eigenvalue weighted by atomic mass is 9.83. The number of halogens is 1. The molecule has 1 heterocycles. The van der Waals surface area contributed by atoms with Gasteiger partial charge in [-0.15, -0.1) is 0 Å². The molecule has 3 aromatic rings. The van der Waals surface area contributed by atoms with Gasteiger partial charge in [-0.3, -0.25) is 4.90 Å². The zero-order valence-corrected chi connectivity index (χ0v) is 19.1. The van der Waals surface area contributed by atoms with E-state index in [2.05, 4.69) is 45.1 Å². The van der Waals surface area contributed by atoms with Crippen LogP contribution in [0.2, 0.25) is 0 Å². The average molecular weight is 486 g/mol. The summed E-state index contributed by atoms with van der Waals surface area (Å²) in [5.74, 6) is 0. The first kappa shape index (κ1) is 21.2. The molecule has 0 saturated carbocycles. The minimum absolute atomic E-state index is 0.0459. The third-order valence-electron chi connectivity index (χ3n) is 5.62. The monoisotopic (exact) mass is 485 g/mol. The lowest BCUT2D eigenvalue weighted by molar-refractivity contribution is -0.112. The SMILES string of the molecule is CS(=O)(=O)C(c1cccc(Br)c1)C1(O)CN(C(c2ccccc2)c2ccccc2)C1. The van der Waals surface area contributed by atoms with Crippen molar-refractivity contribution in [1.82, 2.24) is 4.90 Å². The van der Waals surface area contributed by atoms with Gasteiger partial charge in [-0.2, -0.15) is 0 Å². The van der Waals surface area contributed by atoms with Crippen LogP contribution in [0.4, 0.5) is 0 Å². The van der Waals surface area contributed by atoms with Crippen molar-refractivity contribution in [1.29, 1.82) is 0 Å². The van der Waals surface area contributed by atoms with Gasteiger partial charge in [-0.25, -0.2) is 8.42 Å². The number of benzene rings is 3. The fourth-order valence-electron chi connectivity index (χ4n) is 4.52. The zero-order chi connectivity index (χ0) is 21.4. The second-order valence-electron chi connectivity index (χ2n) is 8.00. The normalized spacial score (nSPS) is 17.5. The summed E-state index contributed by atoms with van der Waals surface area (Å²) >= 11 is 3.41. The van der Waals surface area contributed by atoms with E-state index >= 15 is 0 Å². The number of likely N-dealkylation sites (tertiary alicyclic amines) is 1. The van der Waals surface area contributed by atoms with Crippen molar-refractivity contribution < 1.29 is 13.5 Å². The van der Waals surface area contributed by atoms with E-state index in [1.165, 1.54) is 6.26 Å². The van der Waals surface area contributed by atoms with Crippen molar-refractivity contribution in [3.63, 3.8) is 0 Å². The molecule has 0 aromatic heterocycles. The molecule has 3 aromatic carbocycles. The summed E-state index contributed by atoms with van der Waals surface area (Å²) in [6.07, 6.45) is 1.20. The molecule has 156 valence electrons. The summed E-state index contributed by atoms with van der Waals surface area (Å²) in [7, 11) is -3.53. The maximum atomic E-state index is 12.7.